The molecule has 0 aliphatic heterocycles. The third kappa shape index (κ3) is 5.77. The van der Waals surface area contributed by atoms with E-state index in [0.29, 0.717) is 5.69 Å². The molecular weight excluding hydrogens is 272 g/mol. The van der Waals surface area contributed by atoms with E-state index in [9.17, 15) is 13.2 Å². The summed E-state index contributed by atoms with van der Waals surface area (Å²) in [5.74, 6) is -1.56. The Kier molecular flexibility index (Phi) is 5.87. The Morgan fingerprint density at radius 3 is 2.68 bits per heavy atom. The number of nitrogens with zero attached hydrogens (tertiary/aromatic N) is 1. The molecule has 0 aliphatic carbocycles. The van der Waals surface area contributed by atoms with Gasteiger partial charge < -0.3 is 10.2 Å². The monoisotopic (exact) mass is 288 g/mol. The zero-order valence-electron chi connectivity index (χ0n) is 10.2. The van der Waals surface area contributed by atoms with Crippen molar-refractivity contribution < 1.29 is 23.4 Å². The molecular formula is C11H16N2O5S. The van der Waals surface area contributed by atoms with Gasteiger partial charge in [0.1, 0.15) is 6.04 Å². The van der Waals surface area contributed by atoms with Crippen LogP contribution < -0.4 is 4.72 Å². The maximum absolute atomic E-state index is 11.7. The van der Waals surface area contributed by atoms with E-state index in [4.69, 9.17) is 10.2 Å². The molecule has 0 saturated heterocycles. The minimum atomic E-state index is -3.73. The molecule has 19 heavy (non-hydrogen) atoms. The van der Waals surface area contributed by atoms with Crippen LogP contribution in [0.25, 0.3) is 0 Å². The normalized spacial score (nSPS) is 13.1. The van der Waals surface area contributed by atoms with Crippen LogP contribution in [-0.2, 0) is 21.2 Å². The fourth-order valence-corrected chi connectivity index (χ4v) is 2.67. The van der Waals surface area contributed by atoms with Crippen LogP contribution in [0.15, 0.2) is 24.4 Å². The van der Waals surface area contributed by atoms with Gasteiger partial charge in [0.05, 0.1) is 5.75 Å². The minimum Gasteiger partial charge on any atom is -0.480 e. The molecule has 1 rings (SSSR count). The van der Waals surface area contributed by atoms with E-state index in [1.807, 2.05) is 4.72 Å². The first kappa shape index (κ1) is 15.5. The Bertz CT molecular complexity index is 503. The van der Waals surface area contributed by atoms with E-state index in [0.717, 1.165) is 0 Å². The summed E-state index contributed by atoms with van der Waals surface area (Å²) in [6, 6.07) is 3.85. The number of aryl methyl sites for hydroxylation is 1. The molecule has 1 atom stereocenters. The van der Waals surface area contributed by atoms with Gasteiger partial charge in [0, 0.05) is 24.9 Å². The molecule has 8 heteroatoms. The Labute approximate surface area is 111 Å². The quantitative estimate of drug-likeness (QED) is 0.587. The molecule has 0 aliphatic rings. The molecule has 0 fully saturated rings. The van der Waals surface area contributed by atoms with Gasteiger partial charge in [-0.25, -0.2) is 13.1 Å². The summed E-state index contributed by atoms with van der Waals surface area (Å²) >= 11 is 0. The highest BCUT2D eigenvalue weighted by molar-refractivity contribution is 7.89. The Balaban J connectivity index is 2.58. The lowest BCUT2D eigenvalue weighted by molar-refractivity contribution is -0.139. The van der Waals surface area contributed by atoms with Crippen LogP contribution in [0.1, 0.15) is 12.1 Å². The number of aliphatic hydroxyl groups is 1. The lowest BCUT2D eigenvalue weighted by atomic mass is 10.2. The summed E-state index contributed by atoms with van der Waals surface area (Å²) in [6.45, 7) is -0.403. The number of carboxylic acid groups (broad SMARTS) is 1. The maximum atomic E-state index is 11.7. The molecule has 3 N–H and O–H groups in total. The van der Waals surface area contributed by atoms with Crippen LogP contribution in [0.4, 0.5) is 0 Å². The first-order valence-electron chi connectivity index (χ1n) is 5.68. The van der Waals surface area contributed by atoms with Crippen LogP contribution in [0.2, 0.25) is 0 Å². The Morgan fingerprint density at radius 1 is 1.42 bits per heavy atom. The fraction of sp³-hybridized carbons (Fsp3) is 0.455. The average Bonchev–Trinajstić information content (AvgIpc) is 2.37. The van der Waals surface area contributed by atoms with Crippen molar-refractivity contribution in [2.24, 2.45) is 0 Å². The number of aromatic nitrogens is 1. The molecule has 7 nitrogen and oxygen atoms in total. The molecule has 0 amide bonds. The first-order valence-corrected chi connectivity index (χ1v) is 7.33. The average molecular weight is 288 g/mol. The number of rotatable bonds is 8. The van der Waals surface area contributed by atoms with Crippen molar-refractivity contribution in [2.45, 2.75) is 18.9 Å². The van der Waals surface area contributed by atoms with Gasteiger partial charge in [0.2, 0.25) is 10.0 Å². The molecule has 0 radical (unpaired) electrons. The summed E-state index contributed by atoms with van der Waals surface area (Å²) in [5, 5.41) is 17.5. The SMILES string of the molecule is O=C(O)[C@H](CCO)NS(=O)(=O)CCc1ccccn1. The second-order valence-corrected chi connectivity index (χ2v) is 5.78. The molecule has 0 spiro atoms. The van der Waals surface area contributed by atoms with Crippen LogP contribution >= 0.6 is 0 Å². The lowest BCUT2D eigenvalue weighted by Gasteiger charge is -2.13. The number of carboxylic acids is 1. The molecule has 106 valence electrons. The zero-order valence-corrected chi connectivity index (χ0v) is 11.0. The molecule has 1 aromatic rings. The van der Waals surface area contributed by atoms with Crippen molar-refractivity contribution in [3.8, 4) is 0 Å². The van der Waals surface area contributed by atoms with Crippen LogP contribution in [0.5, 0.6) is 0 Å². The van der Waals surface area contributed by atoms with Crippen molar-refractivity contribution in [3.63, 3.8) is 0 Å². The number of aliphatic hydroxyl groups excluding tert-OH is 1. The van der Waals surface area contributed by atoms with Crippen LogP contribution in [0.3, 0.4) is 0 Å². The van der Waals surface area contributed by atoms with Crippen molar-refractivity contribution in [1.29, 1.82) is 0 Å². The van der Waals surface area contributed by atoms with Crippen molar-refractivity contribution >= 4 is 16.0 Å². The Hall–Kier alpha value is -1.51. The molecule has 0 aromatic carbocycles. The van der Waals surface area contributed by atoms with Crippen molar-refractivity contribution in [3.05, 3.63) is 30.1 Å². The van der Waals surface area contributed by atoms with Gasteiger partial charge in [-0.15, -0.1) is 0 Å². The minimum absolute atomic E-state index is 0.169. The molecule has 1 heterocycles. The van der Waals surface area contributed by atoms with Gasteiger partial charge in [0.15, 0.2) is 0 Å². The number of carbonyl (C=O) groups is 1. The van der Waals surface area contributed by atoms with Gasteiger partial charge in [-0.3, -0.25) is 9.78 Å². The number of hydrogen-bond acceptors (Lipinski definition) is 5. The van der Waals surface area contributed by atoms with E-state index in [1.54, 1.807) is 24.4 Å². The summed E-state index contributed by atoms with van der Waals surface area (Å²) in [5.41, 5.74) is 0.613. The number of sulfonamides is 1. The highest BCUT2D eigenvalue weighted by atomic mass is 32.2. The van der Waals surface area contributed by atoms with Gasteiger partial charge in [-0.05, 0) is 18.6 Å². The summed E-state index contributed by atoms with van der Waals surface area (Å²) in [4.78, 5) is 14.8. The fourth-order valence-electron chi connectivity index (χ4n) is 1.42. The zero-order chi connectivity index (χ0) is 14.3. The van der Waals surface area contributed by atoms with E-state index in [1.165, 1.54) is 0 Å². The highest BCUT2D eigenvalue weighted by Gasteiger charge is 2.23. The first-order chi connectivity index (χ1) is 8.94. The number of nitrogens with one attached hydrogen (secondary N) is 1. The largest absolute Gasteiger partial charge is 0.480 e. The van der Waals surface area contributed by atoms with E-state index in [-0.39, 0.29) is 18.6 Å². The Morgan fingerprint density at radius 2 is 2.16 bits per heavy atom. The summed E-state index contributed by atoms with van der Waals surface area (Å²) < 4.78 is 25.5. The maximum Gasteiger partial charge on any atom is 0.321 e. The van der Waals surface area contributed by atoms with Crippen molar-refractivity contribution in [1.82, 2.24) is 9.71 Å². The van der Waals surface area contributed by atoms with E-state index < -0.39 is 28.6 Å². The highest BCUT2D eigenvalue weighted by Crippen LogP contribution is 2.00. The second-order valence-electron chi connectivity index (χ2n) is 3.91. The topological polar surface area (TPSA) is 117 Å². The summed E-state index contributed by atoms with van der Waals surface area (Å²) in [7, 11) is -3.73. The third-order valence-corrected chi connectivity index (χ3v) is 3.78. The molecule has 1 aromatic heterocycles. The lowest BCUT2D eigenvalue weighted by Crippen LogP contribution is -2.42. The smallest absolute Gasteiger partial charge is 0.321 e. The van der Waals surface area contributed by atoms with Gasteiger partial charge in [0.25, 0.3) is 0 Å². The molecule has 0 unspecified atom stereocenters. The molecule has 0 saturated carbocycles. The van der Waals surface area contributed by atoms with Gasteiger partial charge in [-0.2, -0.15) is 0 Å². The number of aliphatic carboxylic acids is 1. The summed E-state index contributed by atoms with van der Waals surface area (Å²) in [6.07, 6.45) is 1.58. The van der Waals surface area contributed by atoms with E-state index in [2.05, 4.69) is 4.98 Å². The third-order valence-electron chi connectivity index (χ3n) is 2.39. The molecule has 0 bridgehead atoms. The van der Waals surface area contributed by atoms with Gasteiger partial charge >= 0.3 is 5.97 Å². The predicted octanol–water partition coefficient (Wildman–Crippen LogP) is -0.621. The van der Waals surface area contributed by atoms with Crippen LogP contribution in [-0.4, -0.2) is 48.0 Å². The van der Waals surface area contributed by atoms with Crippen LogP contribution in [0, 0.1) is 0 Å². The van der Waals surface area contributed by atoms with E-state index >= 15 is 0 Å². The predicted molar refractivity (Wildman–Crippen MR) is 68.0 cm³/mol. The standard InChI is InChI=1S/C11H16N2O5S/c14-7-4-10(11(15)16)13-19(17,18)8-5-9-3-1-2-6-12-9/h1-3,6,10,13-14H,4-5,7-8H2,(H,15,16)/t10-/m0/s1. The number of pyridine rings is 1. The van der Waals surface area contributed by atoms with Gasteiger partial charge in [-0.1, -0.05) is 6.07 Å². The van der Waals surface area contributed by atoms with Crippen molar-refractivity contribution in [2.75, 3.05) is 12.4 Å². The second kappa shape index (κ2) is 7.17. The number of hydrogen-bond donors (Lipinski definition) is 3.